The Hall–Kier alpha value is -1.31. The van der Waals surface area contributed by atoms with Crippen LogP contribution in [-0.4, -0.2) is 47.3 Å². The van der Waals surface area contributed by atoms with Gasteiger partial charge >= 0.3 is 10.2 Å². The van der Waals surface area contributed by atoms with Crippen molar-refractivity contribution in [1.82, 2.24) is 4.72 Å². The maximum absolute atomic E-state index is 12.7. The average Bonchev–Trinajstić information content (AvgIpc) is 3.24. The molecular formula is C17H25N3O3S. The van der Waals surface area contributed by atoms with Gasteiger partial charge in [-0.15, -0.1) is 0 Å². The van der Waals surface area contributed by atoms with E-state index in [0.717, 1.165) is 69.7 Å². The predicted molar refractivity (Wildman–Crippen MR) is 94.8 cm³/mol. The number of benzene rings is 1. The van der Waals surface area contributed by atoms with Crippen LogP contribution in [0.1, 0.15) is 31.2 Å². The Morgan fingerprint density at radius 1 is 1.08 bits per heavy atom. The Morgan fingerprint density at radius 3 is 2.58 bits per heavy atom. The second kappa shape index (κ2) is 6.54. The molecule has 2 fully saturated rings. The minimum atomic E-state index is -3.44. The highest BCUT2D eigenvalue weighted by Crippen LogP contribution is 2.34. The number of nitrogens with zero attached hydrogens (tertiary/aromatic N) is 2. The summed E-state index contributed by atoms with van der Waals surface area (Å²) in [5.41, 5.74) is 3.12. The Morgan fingerprint density at radius 2 is 1.83 bits per heavy atom. The Balaban J connectivity index is 1.53. The van der Waals surface area contributed by atoms with Crippen LogP contribution in [0.5, 0.6) is 0 Å². The van der Waals surface area contributed by atoms with Gasteiger partial charge in [0.2, 0.25) is 0 Å². The number of hydrogen-bond donors (Lipinski definition) is 1. The summed E-state index contributed by atoms with van der Waals surface area (Å²) in [5.74, 6) is 0. The monoisotopic (exact) mass is 351 g/mol. The average molecular weight is 351 g/mol. The number of anilines is 2. The minimum absolute atomic E-state index is 0.103. The van der Waals surface area contributed by atoms with Crippen molar-refractivity contribution in [3.05, 3.63) is 23.8 Å². The summed E-state index contributed by atoms with van der Waals surface area (Å²) in [6.07, 6.45) is 4.92. The quantitative estimate of drug-likeness (QED) is 0.896. The summed E-state index contributed by atoms with van der Waals surface area (Å²) in [5, 5.41) is 0. The molecule has 3 aliphatic rings. The van der Waals surface area contributed by atoms with Crippen molar-refractivity contribution in [2.75, 3.05) is 42.1 Å². The zero-order chi connectivity index (χ0) is 16.6. The van der Waals surface area contributed by atoms with Crippen molar-refractivity contribution in [3.63, 3.8) is 0 Å². The van der Waals surface area contributed by atoms with Crippen LogP contribution in [0.4, 0.5) is 11.4 Å². The van der Waals surface area contributed by atoms with Crippen LogP contribution < -0.4 is 13.9 Å². The molecule has 1 saturated heterocycles. The fourth-order valence-corrected chi connectivity index (χ4v) is 5.50. The molecule has 2 heterocycles. The van der Waals surface area contributed by atoms with E-state index in [1.165, 1.54) is 5.69 Å². The molecular weight excluding hydrogens is 326 g/mol. The molecule has 1 aliphatic carbocycles. The molecule has 2 aliphatic heterocycles. The fourth-order valence-electron chi connectivity index (χ4n) is 3.94. The van der Waals surface area contributed by atoms with E-state index in [9.17, 15) is 8.42 Å². The van der Waals surface area contributed by atoms with Gasteiger partial charge in [-0.25, -0.2) is 0 Å². The topological polar surface area (TPSA) is 61.9 Å². The normalized spacial score (nSPS) is 22.2. The summed E-state index contributed by atoms with van der Waals surface area (Å²) in [6.45, 7) is 3.82. The summed E-state index contributed by atoms with van der Waals surface area (Å²) in [7, 11) is -3.44. The SMILES string of the molecule is O=S(=O)(NC1CCCC1)N1CCc2cc(N3CCOCC3)ccc21. The second-order valence-electron chi connectivity index (χ2n) is 6.84. The molecule has 1 aromatic carbocycles. The molecule has 4 rings (SSSR count). The van der Waals surface area contributed by atoms with E-state index in [4.69, 9.17) is 4.74 Å². The molecule has 1 aromatic rings. The third kappa shape index (κ3) is 3.12. The first kappa shape index (κ1) is 16.2. The first-order chi connectivity index (χ1) is 11.6. The standard InChI is InChI=1S/C17H25N3O3S/c21-24(22,18-15-3-1-2-4-15)20-8-7-14-13-16(5-6-17(14)20)19-9-11-23-12-10-19/h5-6,13,15,18H,1-4,7-12H2. The van der Waals surface area contributed by atoms with Crippen molar-refractivity contribution >= 4 is 21.6 Å². The molecule has 0 radical (unpaired) electrons. The highest BCUT2D eigenvalue weighted by Gasteiger charge is 2.32. The van der Waals surface area contributed by atoms with Gasteiger partial charge in [-0.3, -0.25) is 4.31 Å². The lowest BCUT2D eigenvalue weighted by molar-refractivity contribution is 0.122. The van der Waals surface area contributed by atoms with Crippen molar-refractivity contribution in [2.24, 2.45) is 0 Å². The van der Waals surface area contributed by atoms with Gasteiger partial charge in [0.25, 0.3) is 0 Å². The third-order valence-corrected chi connectivity index (χ3v) is 6.84. The van der Waals surface area contributed by atoms with Crippen molar-refractivity contribution < 1.29 is 13.2 Å². The zero-order valence-corrected chi connectivity index (χ0v) is 14.7. The summed E-state index contributed by atoms with van der Waals surface area (Å²) in [4.78, 5) is 2.30. The van der Waals surface area contributed by atoms with Gasteiger partial charge in [-0.1, -0.05) is 12.8 Å². The maximum Gasteiger partial charge on any atom is 0.301 e. The number of morpholine rings is 1. The van der Waals surface area contributed by atoms with Gasteiger partial charge in [-0.2, -0.15) is 13.1 Å². The molecule has 1 saturated carbocycles. The van der Waals surface area contributed by atoms with Gasteiger partial charge in [0, 0.05) is 31.4 Å². The number of nitrogens with one attached hydrogen (secondary N) is 1. The molecule has 0 amide bonds. The van der Waals surface area contributed by atoms with Crippen LogP contribution in [0, 0.1) is 0 Å². The first-order valence-corrected chi connectivity index (χ1v) is 10.3. The largest absolute Gasteiger partial charge is 0.378 e. The lowest BCUT2D eigenvalue weighted by Crippen LogP contribution is -2.44. The van der Waals surface area contributed by atoms with E-state index in [2.05, 4.69) is 15.7 Å². The van der Waals surface area contributed by atoms with E-state index in [-0.39, 0.29) is 6.04 Å². The van der Waals surface area contributed by atoms with Crippen LogP contribution in [0.2, 0.25) is 0 Å². The van der Waals surface area contributed by atoms with Gasteiger partial charge in [0.05, 0.1) is 18.9 Å². The van der Waals surface area contributed by atoms with Crippen LogP contribution in [-0.2, 0) is 21.4 Å². The van der Waals surface area contributed by atoms with E-state index < -0.39 is 10.2 Å². The van der Waals surface area contributed by atoms with Crippen molar-refractivity contribution in [2.45, 2.75) is 38.1 Å². The van der Waals surface area contributed by atoms with Gasteiger partial charge < -0.3 is 9.64 Å². The van der Waals surface area contributed by atoms with Gasteiger partial charge in [0.15, 0.2) is 0 Å². The Kier molecular flexibility index (Phi) is 4.40. The summed E-state index contributed by atoms with van der Waals surface area (Å²) < 4.78 is 35.3. The van der Waals surface area contributed by atoms with E-state index in [1.807, 2.05) is 12.1 Å². The smallest absolute Gasteiger partial charge is 0.301 e. The van der Waals surface area contributed by atoms with E-state index >= 15 is 0 Å². The molecule has 24 heavy (non-hydrogen) atoms. The zero-order valence-electron chi connectivity index (χ0n) is 13.9. The van der Waals surface area contributed by atoms with Crippen LogP contribution >= 0.6 is 0 Å². The molecule has 1 N–H and O–H groups in total. The lowest BCUT2D eigenvalue weighted by atomic mass is 10.1. The Labute approximate surface area is 144 Å². The third-order valence-electron chi connectivity index (χ3n) is 5.25. The molecule has 6 nitrogen and oxygen atoms in total. The fraction of sp³-hybridized carbons (Fsp3) is 0.647. The van der Waals surface area contributed by atoms with Crippen LogP contribution in [0.15, 0.2) is 18.2 Å². The summed E-state index contributed by atoms with van der Waals surface area (Å²) in [6, 6.07) is 6.24. The molecule has 132 valence electrons. The second-order valence-corrected chi connectivity index (χ2v) is 8.47. The lowest BCUT2D eigenvalue weighted by Gasteiger charge is -2.29. The van der Waals surface area contributed by atoms with Crippen molar-refractivity contribution in [1.29, 1.82) is 0 Å². The Bertz CT molecular complexity index is 695. The van der Waals surface area contributed by atoms with Crippen LogP contribution in [0.25, 0.3) is 0 Å². The van der Waals surface area contributed by atoms with Gasteiger partial charge in [0.1, 0.15) is 0 Å². The first-order valence-electron chi connectivity index (χ1n) is 8.89. The van der Waals surface area contributed by atoms with Gasteiger partial charge in [-0.05, 0) is 43.0 Å². The molecule has 0 aromatic heterocycles. The van der Waals surface area contributed by atoms with Crippen molar-refractivity contribution in [3.8, 4) is 0 Å². The molecule has 0 unspecified atom stereocenters. The van der Waals surface area contributed by atoms with E-state index in [1.54, 1.807) is 4.31 Å². The molecule has 7 heteroatoms. The highest BCUT2D eigenvalue weighted by atomic mass is 32.2. The van der Waals surface area contributed by atoms with E-state index in [0.29, 0.717) is 6.54 Å². The van der Waals surface area contributed by atoms with Crippen LogP contribution in [0.3, 0.4) is 0 Å². The predicted octanol–water partition coefficient (Wildman–Crippen LogP) is 1.66. The summed E-state index contributed by atoms with van der Waals surface area (Å²) >= 11 is 0. The minimum Gasteiger partial charge on any atom is -0.378 e. The maximum atomic E-state index is 12.7. The molecule has 0 bridgehead atoms. The number of ether oxygens (including phenoxy) is 1. The molecule has 0 spiro atoms. The number of hydrogen-bond acceptors (Lipinski definition) is 4. The number of fused-ring (bicyclic) bond motifs is 1. The number of rotatable bonds is 4. The molecule has 0 atom stereocenters. The highest BCUT2D eigenvalue weighted by molar-refractivity contribution is 7.90.